The molecule has 21 heavy (non-hydrogen) atoms. The fourth-order valence-electron chi connectivity index (χ4n) is 3.18. The third kappa shape index (κ3) is 2.42. The SMILES string of the molecule is CCCCN1C(=O)[C@@H]2CCCN2C(=O)c2ccc(Cl)cc21. The predicted octanol–water partition coefficient (Wildman–Crippen LogP) is 3.09. The second kappa shape index (κ2) is 5.68. The fourth-order valence-corrected chi connectivity index (χ4v) is 3.34. The maximum atomic E-state index is 12.8. The van der Waals surface area contributed by atoms with E-state index in [4.69, 9.17) is 11.6 Å². The Bertz CT molecular complexity index is 588. The summed E-state index contributed by atoms with van der Waals surface area (Å²) in [5, 5.41) is 0.554. The van der Waals surface area contributed by atoms with E-state index in [9.17, 15) is 9.59 Å². The van der Waals surface area contributed by atoms with Gasteiger partial charge in [0.05, 0.1) is 11.3 Å². The predicted molar refractivity (Wildman–Crippen MR) is 82.8 cm³/mol. The van der Waals surface area contributed by atoms with Crippen LogP contribution >= 0.6 is 11.6 Å². The third-order valence-electron chi connectivity index (χ3n) is 4.28. The Kier molecular flexibility index (Phi) is 3.89. The molecule has 0 aliphatic carbocycles. The van der Waals surface area contributed by atoms with E-state index in [-0.39, 0.29) is 17.9 Å². The maximum absolute atomic E-state index is 12.8. The molecule has 0 spiro atoms. The second-order valence-corrected chi connectivity index (χ2v) is 6.10. The van der Waals surface area contributed by atoms with Gasteiger partial charge in [-0.15, -0.1) is 0 Å². The zero-order chi connectivity index (χ0) is 15.0. The first-order valence-corrected chi connectivity index (χ1v) is 7.93. The minimum atomic E-state index is -0.305. The first-order valence-electron chi connectivity index (χ1n) is 7.55. The van der Waals surface area contributed by atoms with E-state index in [0.717, 1.165) is 25.7 Å². The highest BCUT2D eigenvalue weighted by Crippen LogP contribution is 2.34. The molecule has 0 unspecified atom stereocenters. The van der Waals surface area contributed by atoms with E-state index in [1.807, 2.05) is 0 Å². The molecule has 0 aromatic heterocycles. The molecule has 1 aromatic rings. The van der Waals surface area contributed by atoms with Gasteiger partial charge in [-0.3, -0.25) is 9.59 Å². The molecule has 5 heteroatoms. The lowest BCUT2D eigenvalue weighted by Gasteiger charge is -2.25. The van der Waals surface area contributed by atoms with Gasteiger partial charge < -0.3 is 9.80 Å². The molecule has 0 N–H and O–H groups in total. The summed E-state index contributed by atoms with van der Waals surface area (Å²) in [6, 6.07) is 4.90. The van der Waals surface area contributed by atoms with Crippen molar-refractivity contribution in [1.29, 1.82) is 0 Å². The molecule has 2 amide bonds. The van der Waals surface area contributed by atoms with E-state index in [0.29, 0.717) is 29.4 Å². The smallest absolute Gasteiger partial charge is 0.256 e. The number of amides is 2. The van der Waals surface area contributed by atoms with Gasteiger partial charge >= 0.3 is 0 Å². The van der Waals surface area contributed by atoms with Gasteiger partial charge in [0.2, 0.25) is 5.91 Å². The van der Waals surface area contributed by atoms with E-state index < -0.39 is 0 Å². The number of hydrogen-bond acceptors (Lipinski definition) is 2. The van der Waals surface area contributed by atoms with E-state index >= 15 is 0 Å². The van der Waals surface area contributed by atoms with Crippen molar-refractivity contribution in [3.63, 3.8) is 0 Å². The zero-order valence-electron chi connectivity index (χ0n) is 12.1. The third-order valence-corrected chi connectivity index (χ3v) is 4.52. The Morgan fingerprint density at radius 2 is 2.14 bits per heavy atom. The van der Waals surface area contributed by atoms with Gasteiger partial charge in [-0.25, -0.2) is 0 Å². The number of carbonyl (C=O) groups excluding carboxylic acids is 2. The van der Waals surface area contributed by atoms with Crippen molar-refractivity contribution in [2.24, 2.45) is 0 Å². The fraction of sp³-hybridized carbons (Fsp3) is 0.500. The van der Waals surface area contributed by atoms with Crippen molar-refractivity contribution in [3.05, 3.63) is 28.8 Å². The number of nitrogens with zero attached hydrogens (tertiary/aromatic N) is 2. The Hall–Kier alpha value is -1.55. The number of halogens is 1. The standard InChI is InChI=1S/C16H19ClN2O2/c1-2-3-8-19-14-10-11(17)6-7-12(14)15(20)18-9-4-5-13(18)16(19)21/h6-7,10,13H,2-5,8-9H2,1H3/t13-/m0/s1. The molecular weight excluding hydrogens is 288 g/mol. The Morgan fingerprint density at radius 1 is 1.33 bits per heavy atom. The van der Waals surface area contributed by atoms with Gasteiger partial charge in [-0.2, -0.15) is 0 Å². The summed E-state index contributed by atoms with van der Waals surface area (Å²) in [5.41, 5.74) is 1.26. The van der Waals surface area contributed by atoms with E-state index in [1.54, 1.807) is 28.0 Å². The maximum Gasteiger partial charge on any atom is 0.256 e. The normalized spacial score (nSPS) is 21.3. The summed E-state index contributed by atoms with van der Waals surface area (Å²) >= 11 is 6.08. The first kappa shape index (κ1) is 14.4. The highest BCUT2D eigenvalue weighted by atomic mass is 35.5. The summed E-state index contributed by atoms with van der Waals surface area (Å²) in [5.74, 6) is -0.00756. The topological polar surface area (TPSA) is 40.6 Å². The average molecular weight is 307 g/mol. The lowest BCUT2D eigenvalue weighted by atomic mass is 10.1. The number of hydrogen-bond donors (Lipinski definition) is 0. The molecule has 2 aliphatic heterocycles. The number of unbranched alkanes of at least 4 members (excludes halogenated alkanes) is 1. The molecule has 1 atom stereocenters. The first-order chi connectivity index (χ1) is 10.1. The number of carbonyl (C=O) groups is 2. The lowest BCUT2D eigenvalue weighted by Crippen LogP contribution is -2.45. The van der Waals surface area contributed by atoms with Crippen LogP contribution in [0.2, 0.25) is 5.02 Å². The molecule has 0 bridgehead atoms. The van der Waals surface area contributed by atoms with Crippen LogP contribution in [0, 0.1) is 0 Å². The van der Waals surface area contributed by atoms with Crippen molar-refractivity contribution < 1.29 is 9.59 Å². The van der Waals surface area contributed by atoms with Crippen molar-refractivity contribution in [1.82, 2.24) is 4.90 Å². The van der Waals surface area contributed by atoms with Crippen LogP contribution in [0.1, 0.15) is 43.0 Å². The number of fused-ring (bicyclic) bond motifs is 2. The van der Waals surface area contributed by atoms with Crippen LogP contribution in [0.3, 0.4) is 0 Å². The quantitative estimate of drug-likeness (QED) is 0.861. The zero-order valence-corrected chi connectivity index (χ0v) is 12.9. The van der Waals surface area contributed by atoms with Crippen LogP contribution in [-0.4, -0.2) is 35.8 Å². The molecule has 2 heterocycles. The summed E-state index contributed by atoms with van der Waals surface area (Å²) < 4.78 is 0. The number of anilines is 1. The molecule has 0 radical (unpaired) electrons. The van der Waals surface area contributed by atoms with Gasteiger partial charge in [0.25, 0.3) is 5.91 Å². The highest BCUT2D eigenvalue weighted by molar-refractivity contribution is 6.31. The molecule has 1 saturated heterocycles. The van der Waals surface area contributed by atoms with Crippen molar-refractivity contribution in [2.75, 3.05) is 18.0 Å². The van der Waals surface area contributed by atoms with Crippen LogP contribution in [0.4, 0.5) is 5.69 Å². The molecule has 3 rings (SSSR count). The molecule has 2 aliphatic rings. The van der Waals surface area contributed by atoms with Crippen LogP contribution in [0.15, 0.2) is 18.2 Å². The summed E-state index contributed by atoms with van der Waals surface area (Å²) in [6.45, 7) is 3.40. The Balaban J connectivity index is 2.09. The van der Waals surface area contributed by atoms with E-state index in [2.05, 4.69) is 6.92 Å². The Labute approximate surface area is 129 Å². The molecule has 1 aromatic carbocycles. The molecular formula is C16H19ClN2O2. The lowest BCUT2D eigenvalue weighted by molar-refractivity contribution is -0.122. The average Bonchev–Trinajstić information content (AvgIpc) is 2.93. The highest BCUT2D eigenvalue weighted by Gasteiger charge is 2.41. The van der Waals surface area contributed by atoms with Crippen LogP contribution < -0.4 is 4.90 Å². The van der Waals surface area contributed by atoms with Crippen LogP contribution in [-0.2, 0) is 4.79 Å². The van der Waals surface area contributed by atoms with Crippen molar-refractivity contribution in [2.45, 2.75) is 38.6 Å². The number of rotatable bonds is 3. The van der Waals surface area contributed by atoms with Gasteiger partial charge in [-0.05, 0) is 37.5 Å². The van der Waals surface area contributed by atoms with Gasteiger partial charge in [-0.1, -0.05) is 24.9 Å². The van der Waals surface area contributed by atoms with Crippen molar-refractivity contribution in [3.8, 4) is 0 Å². The number of benzene rings is 1. The van der Waals surface area contributed by atoms with Gasteiger partial charge in [0, 0.05) is 18.1 Å². The van der Waals surface area contributed by atoms with Gasteiger partial charge in [0.1, 0.15) is 6.04 Å². The van der Waals surface area contributed by atoms with Crippen LogP contribution in [0.5, 0.6) is 0 Å². The van der Waals surface area contributed by atoms with Crippen molar-refractivity contribution >= 4 is 29.1 Å². The summed E-state index contributed by atoms with van der Waals surface area (Å²) in [7, 11) is 0. The summed E-state index contributed by atoms with van der Waals surface area (Å²) in [6.07, 6.45) is 3.57. The monoisotopic (exact) mass is 306 g/mol. The second-order valence-electron chi connectivity index (χ2n) is 5.66. The summed E-state index contributed by atoms with van der Waals surface area (Å²) in [4.78, 5) is 29.0. The molecule has 1 fully saturated rings. The minimum absolute atomic E-state index is 0.0373. The van der Waals surface area contributed by atoms with E-state index in [1.165, 1.54) is 0 Å². The van der Waals surface area contributed by atoms with Crippen LogP contribution in [0.25, 0.3) is 0 Å². The van der Waals surface area contributed by atoms with Gasteiger partial charge in [0.15, 0.2) is 0 Å². The molecule has 112 valence electrons. The largest absolute Gasteiger partial charge is 0.327 e. The molecule has 0 saturated carbocycles. The molecule has 4 nitrogen and oxygen atoms in total. The Morgan fingerprint density at radius 3 is 2.90 bits per heavy atom. The minimum Gasteiger partial charge on any atom is -0.327 e.